The second-order valence-electron chi connectivity index (χ2n) is 3.21. The van der Waals surface area contributed by atoms with Crippen LogP contribution in [0.3, 0.4) is 0 Å². The van der Waals surface area contributed by atoms with Crippen LogP contribution in [0.1, 0.15) is 13.8 Å². The Labute approximate surface area is 67.6 Å². The van der Waals surface area contributed by atoms with E-state index in [0.717, 1.165) is 13.2 Å². The molecule has 0 radical (unpaired) electrons. The van der Waals surface area contributed by atoms with E-state index >= 15 is 0 Å². The van der Waals surface area contributed by atoms with Crippen molar-refractivity contribution in [3.8, 4) is 11.8 Å². The van der Waals surface area contributed by atoms with E-state index in [-0.39, 0.29) is 5.92 Å². The van der Waals surface area contributed by atoms with Crippen LogP contribution in [0.5, 0.6) is 0 Å². The second-order valence-corrected chi connectivity index (χ2v) is 3.21. The van der Waals surface area contributed by atoms with Crippen molar-refractivity contribution < 1.29 is 9.84 Å². The van der Waals surface area contributed by atoms with Gasteiger partial charge in [0.1, 0.15) is 6.10 Å². The number of aliphatic hydroxyl groups excluding tert-OH is 1. The van der Waals surface area contributed by atoms with Crippen LogP contribution in [0.15, 0.2) is 0 Å². The normalized spacial score (nSPS) is 20.4. The lowest BCUT2D eigenvalue weighted by Crippen LogP contribution is -2.26. The van der Waals surface area contributed by atoms with Crippen LogP contribution in [0, 0.1) is 23.7 Å². The maximum absolute atomic E-state index is 9.28. The average molecular weight is 154 g/mol. The number of hydrogen-bond acceptors (Lipinski definition) is 2. The molecule has 1 saturated heterocycles. The van der Waals surface area contributed by atoms with Crippen LogP contribution in [0.2, 0.25) is 0 Å². The van der Waals surface area contributed by atoms with Gasteiger partial charge in [-0.2, -0.15) is 0 Å². The molecule has 2 nitrogen and oxygen atoms in total. The summed E-state index contributed by atoms with van der Waals surface area (Å²) in [5.41, 5.74) is 0. The molecule has 0 spiro atoms. The molecule has 0 bridgehead atoms. The summed E-state index contributed by atoms with van der Waals surface area (Å²) in [6, 6.07) is 0. The van der Waals surface area contributed by atoms with Gasteiger partial charge in [-0.3, -0.25) is 0 Å². The second kappa shape index (κ2) is 3.75. The van der Waals surface area contributed by atoms with Gasteiger partial charge < -0.3 is 9.84 Å². The molecule has 1 atom stereocenters. The van der Waals surface area contributed by atoms with Gasteiger partial charge in [0.05, 0.1) is 19.1 Å². The zero-order valence-electron chi connectivity index (χ0n) is 7.00. The predicted molar refractivity (Wildman–Crippen MR) is 42.9 cm³/mol. The van der Waals surface area contributed by atoms with Crippen molar-refractivity contribution >= 4 is 0 Å². The highest BCUT2D eigenvalue weighted by atomic mass is 16.5. The van der Waals surface area contributed by atoms with Gasteiger partial charge in [0, 0.05) is 0 Å². The molecule has 1 unspecified atom stereocenters. The van der Waals surface area contributed by atoms with Gasteiger partial charge in [-0.05, 0) is 5.92 Å². The SMILES string of the molecule is CC(C)C(O)C#CC1COC1. The highest BCUT2D eigenvalue weighted by Crippen LogP contribution is 2.08. The fraction of sp³-hybridized carbons (Fsp3) is 0.778. The van der Waals surface area contributed by atoms with Gasteiger partial charge in [0.2, 0.25) is 0 Å². The third kappa shape index (κ3) is 2.53. The Hall–Kier alpha value is -0.520. The Morgan fingerprint density at radius 1 is 1.45 bits per heavy atom. The number of hydrogen-bond donors (Lipinski definition) is 1. The Morgan fingerprint density at radius 3 is 2.45 bits per heavy atom. The molecule has 1 fully saturated rings. The van der Waals surface area contributed by atoms with Crippen LogP contribution < -0.4 is 0 Å². The molecule has 1 heterocycles. The molecule has 1 N–H and O–H groups in total. The van der Waals surface area contributed by atoms with Crippen molar-refractivity contribution in [2.24, 2.45) is 11.8 Å². The highest BCUT2D eigenvalue weighted by Gasteiger charge is 2.15. The van der Waals surface area contributed by atoms with E-state index in [0.29, 0.717) is 5.92 Å². The Kier molecular flexibility index (Phi) is 2.92. The van der Waals surface area contributed by atoms with Crippen LogP contribution in [-0.2, 0) is 4.74 Å². The van der Waals surface area contributed by atoms with Crippen molar-refractivity contribution in [2.75, 3.05) is 13.2 Å². The zero-order chi connectivity index (χ0) is 8.27. The number of aliphatic hydroxyl groups is 1. The lowest BCUT2D eigenvalue weighted by molar-refractivity contribution is -0.00323. The van der Waals surface area contributed by atoms with E-state index in [9.17, 15) is 5.11 Å². The quantitative estimate of drug-likeness (QED) is 0.562. The molecule has 0 aromatic heterocycles. The van der Waals surface area contributed by atoms with E-state index < -0.39 is 6.10 Å². The monoisotopic (exact) mass is 154 g/mol. The Morgan fingerprint density at radius 2 is 2.09 bits per heavy atom. The fourth-order valence-electron chi connectivity index (χ4n) is 0.689. The molecule has 62 valence electrons. The average Bonchev–Trinajstić information content (AvgIpc) is 1.83. The molecular weight excluding hydrogens is 140 g/mol. The first-order chi connectivity index (χ1) is 5.20. The van der Waals surface area contributed by atoms with Crippen molar-refractivity contribution in [3.63, 3.8) is 0 Å². The summed E-state index contributed by atoms with van der Waals surface area (Å²) in [7, 11) is 0. The van der Waals surface area contributed by atoms with Crippen LogP contribution >= 0.6 is 0 Å². The van der Waals surface area contributed by atoms with Crippen LogP contribution in [-0.4, -0.2) is 24.4 Å². The molecule has 11 heavy (non-hydrogen) atoms. The van der Waals surface area contributed by atoms with Crippen molar-refractivity contribution in [1.82, 2.24) is 0 Å². The van der Waals surface area contributed by atoms with E-state index in [2.05, 4.69) is 11.8 Å². The van der Waals surface area contributed by atoms with E-state index in [4.69, 9.17) is 4.74 Å². The topological polar surface area (TPSA) is 29.5 Å². The number of ether oxygens (including phenoxy) is 1. The summed E-state index contributed by atoms with van der Waals surface area (Å²) >= 11 is 0. The maximum Gasteiger partial charge on any atom is 0.117 e. The first-order valence-corrected chi connectivity index (χ1v) is 3.97. The molecule has 0 saturated carbocycles. The maximum atomic E-state index is 9.28. The van der Waals surface area contributed by atoms with Gasteiger partial charge in [-0.15, -0.1) is 0 Å². The smallest absolute Gasteiger partial charge is 0.117 e. The van der Waals surface area contributed by atoms with E-state index in [1.165, 1.54) is 0 Å². The van der Waals surface area contributed by atoms with Gasteiger partial charge in [-0.25, -0.2) is 0 Å². The minimum absolute atomic E-state index is 0.225. The Bertz CT molecular complexity index is 172. The van der Waals surface area contributed by atoms with E-state index in [1.54, 1.807) is 0 Å². The standard InChI is InChI=1S/C9H14O2/c1-7(2)9(10)4-3-8-5-11-6-8/h7-10H,5-6H2,1-2H3. The van der Waals surface area contributed by atoms with Crippen molar-refractivity contribution in [2.45, 2.75) is 20.0 Å². The van der Waals surface area contributed by atoms with Gasteiger partial charge in [0.25, 0.3) is 0 Å². The molecule has 0 aromatic carbocycles. The molecular formula is C9H14O2. The van der Waals surface area contributed by atoms with Crippen molar-refractivity contribution in [3.05, 3.63) is 0 Å². The minimum atomic E-state index is -0.476. The fourth-order valence-corrected chi connectivity index (χ4v) is 0.689. The molecule has 0 amide bonds. The first-order valence-electron chi connectivity index (χ1n) is 3.97. The molecule has 1 rings (SSSR count). The highest BCUT2D eigenvalue weighted by molar-refractivity contribution is 5.10. The summed E-state index contributed by atoms with van der Waals surface area (Å²) in [6.07, 6.45) is -0.476. The van der Waals surface area contributed by atoms with Crippen LogP contribution in [0.4, 0.5) is 0 Å². The summed E-state index contributed by atoms with van der Waals surface area (Å²) in [5.74, 6) is 6.37. The van der Waals surface area contributed by atoms with Gasteiger partial charge in [-0.1, -0.05) is 25.7 Å². The largest absolute Gasteiger partial charge is 0.380 e. The molecule has 0 aromatic rings. The minimum Gasteiger partial charge on any atom is -0.380 e. The lowest BCUT2D eigenvalue weighted by Gasteiger charge is -2.20. The first kappa shape index (κ1) is 8.58. The van der Waals surface area contributed by atoms with Crippen molar-refractivity contribution in [1.29, 1.82) is 0 Å². The third-order valence-corrected chi connectivity index (χ3v) is 1.70. The van der Waals surface area contributed by atoms with Gasteiger partial charge >= 0.3 is 0 Å². The summed E-state index contributed by atoms with van der Waals surface area (Å²) in [6.45, 7) is 5.38. The Balaban J connectivity index is 2.29. The van der Waals surface area contributed by atoms with Gasteiger partial charge in [0.15, 0.2) is 0 Å². The molecule has 1 aliphatic heterocycles. The molecule has 0 aliphatic carbocycles. The lowest BCUT2D eigenvalue weighted by atomic mass is 10.1. The predicted octanol–water partition coefficient (Wildman–Crippen LogP) is 0.653. The zero-order valence-corrected chi connectivity index (χ0v) is 7.00. The third-order valence-electron chi connectivity index (χ3n) is 1.70. The van der Waals surface area contributed by atoms with E-state index in [1.807, 2.05) is 13.8 Å². The summed E-state index contributed by atoms with van der Waals surface area (Å²) in [4.78, 5) is 0. The molecule has 1 aliphatic rings. The summed E-state index contributed by atoms with van der Waals surface area (Å²) < 4.78 is 4.94. The molecule has 2 heteroatoms. The van der Waals surface area contributed by atoms with Crippen LogP contribution in [0.25, 0.3) is 0 Å². The number of rotatable bonds is 1. The summed E-state index contributed by atoms with van der Waals surface area (Å²) in [5, 5.41) is 9.28.